The molecule has 0 radical (unpaired) electrons. The van der Waals surface area contributed by atoms with Crippen molar-refractivity contribution in [2.45, 2.75) is 19.9 Å². The molecule has 0 atom stereocenters. The summed E-state index contributed by atoms with van der Waals surface area (Å²) in [5.41, 5.74) is 2.89. The SMILES string of the molecule is COC(=O)Cn1c(=NC(=O)Cc2cccc(C)c2)sc2ccccc21. The van der Waals surface area contributed by atoms with E-state index in [4.69, 9.17) is 4.74 Å². The molecule has 3 aromatic rings. The van der Waals surface area contributed by atoms with E-state index in [0.29, 0.717) is 4.80 Å². The van der Waals surface area contributed by atoms with Gasteiger partial charge in [-0.1, -0.05) is 53.3 Å². The quantitative estimate of drug-likeness (QED) is 0.677. The molecule has 1 aromatic heterocycles. The van der Waals surface area contributed by atoms with Crippen molar-refractivity contribution in [3.8, 4) is 0 Å². The van der Waals surface area contributed by atoms with Gasteiger partial charge in [-0.3, -0.25) is 9.59 Å². The van der Waals surface area contributed by atoms with E-state index < -0.39 is 0 Å². The Balaban J connectivity index is 1.98. The van der Waals surface area contributed by atoms with Crippen molar-refractivity contribution < 1.29 is 14.3 Å². The zero-order valence-electron chi connectivity index (χ0n) is 14.1. The van der Waals surface area contributed by atoms with Gasteiger partial charge in [0.1, 0.15) is 6.54 Å². The summed E-state index contributed by atoms with van der Waals surface area (Å²) in [5, 5.41) is 0. The molecule has 0 aliphatic heterocycles. The van der Waals surface area contributed by atoms with Gasteiger partial charge >= 0.3 is 5.97 Å². The first-order valence-corrected chi connectivity index (χ1v) is 8.67. The van der Waals surface area contributed by atoms with E-state index in [1.165, 1.54) is 18.4 Å². The molecule has 1 heterocycles. The van der Waals surface area contributed by atoms with Crippen molar-refractivity contribution in [2.24, 2.45) is 4.99 Å². The van der Waals surface area contributed by atoms with Gasteiger partial charge in [-0.15, -0.1) is 0 Å². The highest BCUT2D eigenvalue weighted by Gasteiger charge is 2.11. The molecule has 0 spiro atoms. The molecule has 5 nitrogen and oxygen atoms in total. The molecule has 0 bridgehead atoms. The standard InChI is InChI=1S/C19H18N2O3S/c1-13-6-5-7-14(10-13)11-17(22)20-19-21(12-18(23)24-2)15-8-3-4-9-16(15)25-19/h3-10H,11-12H2,1-2H3. The van der Waals surface area contributed by atoms with Crippen LogP contribution in [-0.2, 0) is 27.3 Å². The number of carbonyl (C=O) groups excluding carboxylic acids is 2. The fraction of sp³-hybridized carbons (Fsp3) is 0.211. The highest BCUT2D eigenvalue weighted by atomic mass is 32.1. The summed E-state index contributed by atoms with van der Waals surface area (Å²) >= 11 is 1.39. The minimum atomic E-state index is -0.379. The summed E-state index contributed by atoms with van der Waals surface area (Å²) in [7, 11) is 1.34. The molecule has 6 heteroatoms. The van der Waals surface area contributed by atoms with Crippen molar-refractivity contribution in [3.63, 3.8) is 0 Å². The summed E-state index contributed by atoms with van der Waals surface area (Å²) in [6.45, 7) is 2.01. The van der Waals surface area contributed by atoms with Gasteiger partial charge in [-0.05, 0) is 24.6 Å². The minimum Gasteiger partial charge on any atom is -0.468 e. The van der Waals surface area contributed by atoms with Crippen molar-refractivity contribution in [3.05, 3.63) is 64.5 Å². The number of aromatic nitrogens is 1. The predicted octanol–water partition coefficient (Wildman–Crippen LogP) is 2.85. The average molecular weight is 354 g/mol. The van der Waals surface area contributed by atoms with E-state index in [9.17, 15) is 9.59 Å². The lowest BCUT2D eigenvalue weighted by molar-refractivity contribution is -0.141. The third kappa shape index (κ3) is 4.03. The van der Waals surface area contributed by atoms with Crippen molar-refractivity contribution in [2.75, 3.05) is 7.11 Å². The molecule has 128 valence electrons. The molecule has 0 unspecified atom stereocenters. The van der Waals surface area contributed by atoms with E-state index in [-0.39, 0.29) is 24.8 Å². The van der Waals surface area contributed by atoms with Crippen LogP contribution in [0.1, 0.15) is 11.1 Å². The van der Waals surface area contributed by atoms with E-state index in [2.05, 4.69) is 4.99 Å². The fourth-order valence-electron chi connectivity index (χ4n) is 2.60. The molecule has 25 heavy (non-hydrogen) atoms. The molecule has 0 N–H and O–H groups in total. The molecular formula is C19H18N2O3S. The summed E-state index contributed by atoms with van der Waals surface area (Å²) < 4.78 is 7.45. The van der Waals surface area contributed by atoms with Crippen LogP contribution in [0.25, 0.3) is 10.2 Å². The van der Waals surface area contributed by atoms with Gasteiger partial charge < -0.3 is 9.30 Å². The molecule has 0 aliphatic rings. The number of esters is 1. The zero-order chi connectivity index (χ0) is 17.8. The Bertz CT molecular complexity index is 1000. The summed E-state index contributed by atoms with van der Waals surface area (Å²) in [5.74, 6) is -0.619. The Hall–Kier alpha value is -2.73. The van der Waals surface area contributed by atoms with E-state index in [0.717, 1.165) is 21.3 Å². The first-order valence-electron chi connectivity index (χ1n) is 7.85. The van der Waals surface area contributed by atoms with Gasteiger partial charge in [0.05, 0.1) is 23.7 Å². The number of benzene rings is 2. The van der Waals surface area contributed by atoms with E-state index in [1.807, 2.05) is 55.5 Å². The zero-order valence-corrected chi connectivity index (χ0v) is 14.9. The van der Waals surface area contributed by atoms with Crippen molar-refractivity contribution in [1.29, 1.82) is 0 Å². The molecule has 2 aromatic carbocycles. The number of aryl methyl sites for hydroxylation is 1. The highest BCUT2D eigenvalue weighted by Crippen LogP contribution is 2.17. The number of ether oxygens (including phenoxy) is 1. The maximum Gasteiger partial charge on any atom is 0.325 e. The Labute approximate surface area is 149 Å². The van der Waals surface area contributed by atoms with Crippen LogP contribution >= 0.6 is 11.3 Å². The molecule has 0 aliphatic carbocycles. The van der Waals surface area contributed by atoms with Gasteiger partial charge in [0.2, 0.25) is 0 Å². The number of para-hydroxylation sites is 1. The lowest BCUT2D eigenvalue weighted by atomic mass is 10.1. The number of carbonyl (C=O) groups is 2. The number of hydrogen-bond donors (Lipinski definition) is 0. The van der Waals surface area contributed by atoms with Gasteiger partial charge in [0.15, 0.2) is 4.80 Å². The number of fused-ring (bicyclic) bond motifs is 1. The van der Waals surface area contributed by atoms with Crippen LogP contribution in [0.15, 0.2) is 53.5 Å². The Morgan fingerprint density at radius 3 is 2.72 bits per heavy atom. The topological polar surface area (TPSA) is 60.7 Å². The van der Waals surface area contributed by atoms with Crippen LogP contribution in [0.5, 0.6) is 0 Å². The smallest absolute Gasteiger partial charge is 0.325 e. The molecular weight excluding hydrogens is 336 g/mol. The second kappa shape index (κ2) is 7.44. The monoisotopic (exact) mass is 354 g/mol. The third-order valence-corrected chi connectivity index (χ3v) is 4.82. The average Bonchev–Trinajstić information content (AvgIpc) is 2.92. The number of thiazole rings is 1. The van der Waals surface area contributed by atoms with Crippen LogP contribution in [0.2, 0.25) is 0 Å². The number of amides is 1. The van der Waals surface area contributed by atoms with Crippen LogP contribution in [0.4, 0.5) is 0 Å². The summed E-state index contributed by atoms with van der Waals surface area (Å²) in [4.78, 5) is 28.9. The second-order valence-corrected chi connectivity index (χ2v) is 6.70. The molecule has 0 saturated carbocycles. The van der Waals surface area contributed by atoms with Gasteiger partial charge in [-0.2, -0.15) is 4.99 Å². The van der Waals surface area contributed by atoms with Crippen LogP contribution in [-0.4, -0.2) is 23.6 Å². The van der Waals surface area contributed by atoms with Gasteiger partial charge in [0.25, 0.3) is 5.91 Å². The summed E-state index contributed by atoms with van der Waals surface area (Å²) in [6, 6.07) is 15.4. The fourth-order valence-corrected chi connectivity index (χ4v) is 3.64. The summed E-state index contributed by atoms with van der Waals surface area (Å²) in [6.07, 6.45) is 0.230. The number of hydrogen-bond acceptors (Lipinski definition) is 4. The molecule has 1 amide bonds. The normalized spacial score (nSPS) is 11.7. The van der Waals surface area contributed by atoms with Crippen LogP contribution < -0.4 is 4.80 Å². The lowest BCUT2D eigenvalue weighted by Gasteiger charge is -2.03. The first-order chi connectivity index (χ1) is 12.1. The highest BCUT2D eigenvalue weighted by molar-refractivity contribution is 7.16. The maximum absolute atomic E-state index is 12.4. The number of methoxy groups -OCH3 is 1. The Morgan fingerprint density at radius 2 is 1.96 bits per heavy atom. The number of nitrogens with zero attached hydrogens (tertiary/aromatic N) is 2. The molecule has 0 saturated heterocycles. The lowest BCUT2D eigenvalue weighted by Crippen LogP contribution is -2.22. The van der Waals surface area contributed by atoms with Gasteiger partial charge in [0, 0.05) is 0 Å². The largest absolute Gasteiger partial charge is 0.468 e. The Morgan fingerprint density at radius 1 is 1.16 bits per heavy atom. The second-order valence-electron chi connectivity index (χ2n) is 5.69. The van der Waals surface area contributed by atoms with Crippen molar-refractivity contribution in [1.82, 2.24) is 4.57 Å². The van der Waals surface area contributed by atoms with Gasteiger partial charge in [-0.25, -0.2) is 0 Å². The predicted molar refractivity (Wildman–Crippen MR) is 97.3 cm³/mol. The Kier molecular flexibility index (Phi) is 5.09. The van der Waals surface area contributed by atoms with E-state index in [1.54, 1.807) is 4.57 Å². The third-order valence-electron chi connectivity index (χ3n) is 3.76. The minimum absolute atomic E-state index is 0.0249. The van der Waals surface area contributed by atoms with E-state index >= 15 is 0 Å². The first kappa shape index (κ1) is 17.1. The maximum atomic E-state index is 12.4. The molecule has 3 rings (SSSR count). The van der Waals surface area contributed by atoms with Crippen molar-refractivity contribution >= 4 is 33.4 Å². The van der Waals surface area contributed by atoms with Crippen LogP contribution in [0, 0.1) is 6.92 Å². The number of rotatable bonds is 4. The van der Waals surface area contributed by atoms with Crippen LogP contribution in [0.3, 0.4) is 0 Å². The molecule has 0 fully saturated rings.